The normalized spacial score (nSPS) is 11.9. The van der Waals surface area contributed by atoms with Crippen molar-refractivity contribution < 1.29 is 0 Å². The minimum absolute atomic E-state index is 1.21. The molecule has 0 amide bonds. The third kappa shape index (κ3) is 2.36. The molecule has 0 radical (unpaired) electrons. The molecule has 0 heterocycles. The molecule has 24 heavy (non-hydrogen) atoms. The molecule has 1 aliphatic carbocycles. The van der Waals surface area contributed by atoms with Gasteiger partial charge in [-0.05, 0) is 69.8 Å². The molecule has 0 saturated carbocycles. The summed E-state index contributed by atoms with van der Waals surface area (Å²) in [4.78, 5) is 0. The maximum atomic E-state index is 2.48. The van der Waals surface area contributed by atoms with Crippen LogP contribution >= 0.6 is 0 Å². The standard InChI is InChI=1S/C24H26/c1-3-5-10-17-16-18-11-9-15-21-20-13-7-8-14-22(20)24(23(18)21)19(17)12-6-4-2/h7-9,11,13-16H,3-6,10,12H2,1-2H3. The molecule has 0 unspecified atom stereocenters. The lowest BCUT2D eigenvalue weighted by Gasteiger charge is -2.16. The Labute approximate surface area is 145 Å². The van der Waals surface area contributed by atoms with Crippen molar-refractivity contribution in [2.45, 2.75) is 52.4 Å². The fourth-order valence-corrected chi connectivity index (χ4v) is 4.24. The average molecular weight is 314 g/mol. The summed E-state index contributed by atoms with van der Waals surface area (Å²) in [6.07, 6.45) is 7.51. The second-order valence-electron chi connectivity index (χ2n) is 7.05. The molecule has 0 heteroatoms. The second kappa shape index (κ2) is 6.43. The highest BCUT2D eigenvalue weighted by Gasteiger charge is 2.24. The van der Waals surface area contributed by atoms with E-state index in [0.29, 0.717) is 0 Å². The minimum Gasteiger partial charge on any atom is -0.0654 e. The average Bonchev–Trinajstić information content (AvgIpc) is 2.96. The molecular formula is C24H26. The van der Waals surface area contributed by atoms with Crippen LogP contribution in [0.3, 0.4) is 0 Å². The molecule has 0 aliphatic heterocycles. The Balaban J connectivity index is 2.02. The van der Waals surface area contributed by atoms with Gasteiger partial charge in [0.25, 0.3) is 0 Å². The van der Waals surface area contributed by atoms with Crippen molar-refractivity contribution >= 4 is 10.8 Å². The highest BCUT2D eigenvalue weighted by atomic mass is 14.3. The van der Waals surface area contributed by atoms with Crippen LogP contribution in [0.1, 0.15) is 50.7 Å². The summed E-state index contributed by atoms with van der Waals surface area (Å²) < 4.78 is 0. The van der Waals surface area contributed by atoms with Gasteiger partial charge in [0.15, 0.2) is 0 Å². The molecular weight excluding hydrogens is 288 g/mol. The van der Waals surface area contributed by atoms with Crippen molar-refractivity contribution in [2.24, 2.45) is 0 Å². The van der Waals surface area contributed by atoms with Gasteiger partial charge in [-0.25, -0.2) is 0 Å². The zero-order chi connectivity index (χ0) is 16.5. The summed E-state index contributed by atoms with van der Waals surface area (Å²) in [6, 6.07) is 18.3. The van der Waals surface area contributed by atoms with E-state index in [1.807, 2.05) is 0 Å². The number of rotatable bonds is 6. The first kappa shape index (κ1) is 15.4. The molecule has 122 valence electrons. The number of aryl methyl sites for hydroxylation is 1. The largest absolute Gasteiger partial charge is 0.0654 e. The molecule has 0 fully saturated rings. The van der Waals surface area contributed by atoms with E-state index in [2.05, 4.69) is 62.4 Å². The molecule has 0 bridgehead atoms. The van der Waals surface area contributed by atoms with Crippen molar-refractivity contribution in [3.63, 3.8) is 0 Å². The van der Waals surface area contributed by atoms with Gasteiger partial charge in [0.1, 0.15) is 0 Å². The minimum atomic E-state index is 1.21. The number of benzene rings is 3. The Morgan fingerprint density at radius 3 is 2.21 bits per heavy atom. The van der Waals surface area contributed by atoms with Gasteiger partial charge >= 0.3 is 0 Å². The van der Waals surface area contributed by atoms with E-state index >= 15 is 0 Å². The van der Waals surface area contributed by atoms with Gasteiger partial charge in [-0.1, -0.05) is 75.2 Å². The predicted octanol–water partition coefficient (Wildman–Crippen LogP) is 7.17. The molecule has 0 spiro atoms. The van der Waals surface area contributed by atoms with Crippen molar-refractivity contribution in [2.75, 3.05) is 0 Å². The maximum absolute atomic E-state index is 2.48. The van der Waals surface area contributed by atoms with Crippen molar-refractivity contribution in [3.05, 3.63) is 59.7 Å². The maximum Gasteiger partial charge on any atom is -0.00234 e. The monoisotopic (exact) mass is 314 g/mol. The Morgan fingerprint density at radius 1 is 0.708 bits per heavy atom. The van der Waals surface area contributed by atoms with Crippen LogP contribution < -0.4 is 0 Å². The summed E-state index contributed by atoms with van der Waals surface area (Å²) in [6.45, 7) is 4.59. The number of unbranched alkanes of at least 4 members (excludes halogenated alkanes) is 2. The number of hydrogen-bond donors (Lipinski definition) is 0. The van der Waals surface area contributed by atoms with Gasteiger partial charge in [-0.2, -0.15) is 0 Å². The van der Waals surface area contributed by atoms with Gasteiger partial charge in [-0.15, -0.1) is 0 Å². The molecule has 0 nitrogen and oxygen atoms in total. The molecule has 1 aliphatic rings. The van der Waals surface area contributed by atoms with E-state index in [4.69, 9.17) is 0 Å². The zero-order valence-electron chi connectivity index (χ0n) is 14.9. The SMILES string of the molecule is CCCCc1cc2cccc3c2c(c1CCCC)-c1ccccc1-3. The van der Waals surface area contributed by atoms with E-state index in [9.17, 15) is 0 Å². The summed E-state index contributed by atoms with van der Waals surface area (Å²) >= 11 is 0. The Kier molecular flexibility index (Phi) is 4.14. The van der Waals surface area contributed by atoms with Gasteiger partial charge in [0.2, 0.25) is 0 Å². The lowest BCUT2D eigenvalue weighted by molar-refractivity contribution is 0.760. The highest BCUT2D eigenvalue weighted by molar-refractivity contribution is 6.16. The van der Waals surface area contributed by atoms with Crippen molar-refractivity contribution in [3.8, 4) is 22.3 Å². The number of hydrogen-bond acceptors (Lipinski definition) is 0. The fraction of sp³-hybridized carbons (Fsp3) is 0.333. The van der Waals surface area contributed by atoms with Gasteiger partial charge in [0, 0.05) is 0 Å². The molecule has 0 aromatic heterocycles. The smallest absolute Gasteiger partial charge is 0.00234 e. The molecule has 3 aromatic carbocycles. The van der Waals surface area contributed by atoms with Crippen LogP contribution in [0.2, 0.25) is 0 Å². The van der Waals surface area contributed by atoms with Crippen LogP contribution in [-0.4, -0.2) is 0 Å². The first-order valence-corrected chi connectivity index (χ1v) is 9.52. The van der Waals surface area contributed by atoms with Gasteiger partial charge in [-0.3, -0.25) is 0 Å². The van der Waals surface area contributed by atoms with Crippen LogP contribution in [0.25, 0.3) is 33.0 Å². The van der Waals surface area contributed by atoms with Crippen LogP contribution in [0.5, 0.6) is 0 Å². The quantitative estimate of drug-likeness (QED) is 0.354. The van der Waals surface area contributed by atoms with E-state index in [0.717, 1.165) is 0 Å². The highest BCUT2D eigenvalue weighted by Crippen LogP contribution is 2.49. The molecule has 3 aromatic rings. The van der Waals surface area contributed by atoms with Crippen LogP contribution in [0.4, 0.5) is 0 Å². The van der Waals surface area contributed by atoms with Crippen molar-refractivity contribution in [1.82, 2.24) is 0 Å². The third-order valence-electron chi connectivity index (χ3n) is 5.43. The van der Waals surface area contributed by atoms with E-state index in [1.54, 1.807) is 16.7 Å². The van der Waals surface area contributed by atoms with Crippen LogP contribution in [0, 0.1) is 0 Å². The second-order valence-corrected chi connectivity index (χ2v) is 7.05. The predicted molar refractivity (Wildman–Crippen MR) is 106 cm³/mol. The Bertz CT molecular complexity index is 886. The summed E-state index contributed by atoms with van der Waals surface area (Å²) in [5.41, 5.74) is 9.05. The lowest BCUT2D eigenvalue weighted by atomic mass is 9.88. The summed E-state index contributed by atoms with van der Waals surface area (Å²) in [7, 11) is 0. The molecule has 0 saturated heterocycles. The Morgan fingerprint density at radius 2 is 1.42 bits per heavy atom. The van der Waals surface area contributed by atoms with Crippen molar-refractivity contribution in [1.29, 1.82) is 0 Å². The first-order valence-electron chi connectivity index (χ1n) is 9.52. The summed E-state index contributed by atoms with van der Waals surface area (Å²) in [5, 5.41) is 2.91. The van der Waals surface area contributed by atoms with Gasteiger partial charge < -0.3 is 0 Å². The Hall–Kier alpha value is -2.08. The number of fused-ring (bicyclic) bond motifs is 3. The molecule has 0 atom stereocenters. The molecule has 0 N–H and O–H groups in total. The summed E-state index contributed by atoms with van der Waals surface area (Å²) in [5.74, 6) is 0. The fourth-order valence-electron chi connectivity index (χ4n) is 4.24. The van der Waals surface area contributed by atoms with Crippen LogP contribution in [0.15, 0.2) is 48.5 Å². The first-order chi connectivity index (χ1) is 11.8. The third-order valence-corrected chi connectivity index (χ3v) is 5.43. The van der Waals surface area contributed by atoms with Gasteiger partial charge in [0.05, 0.1) is 0 Å². The van der Waals surface area contributed by atoms with E-state index in [1.165, 1.54) is 66.0 Å². The topological polar surface area (TPSA) is 0 Å². The van der Waals surface area contributed by atoms with E-state index in [-0.39, 0.29) is 0 Å². The lowest BCUT2D eigenvalue weighted by Crippen LogP contribution is -1.99. The van der Waals surface area contributed by atoms with Crippen LogP contribution in [-0.2, 0) is 12.8 Å². The zero-order valence-corrected chi connectivity index (χ0v) is 14.9. The van der Waals surface area contributed by atoms with E-state index < -0.39 is 0 Å². The molecule has 4 rings (SSSR count).